The van der Waals surface area contributed by atoms with Gasteiger partial charge in [0.2, 0.25) is 0 Å². The minimum atomic E-state index is -0.466. The molecule has 0 fully saturated rings. The molecule has 0 bridgehead atoms. The molecule has 2 aromatic rings. The Morgan fingerprint density at radius 3 is 2.74 bits per heavy atom. The summed E-state index contributed by atoms with van der Waals surface area (Å²) in [5.41, 5.74) is 0.630. The molecule has 0 spiro atoms. The molecule has 0 amide bonds. The van der Waals surface area contributed by atoms with Crippen LogP contribution in [0.25, 0.3) is 0 Å². The maximum atomic E-state index is 13.3. The van der Waals surface area contributed by atoms with Crippen molar-refractivity contribution < 1.29 is 13.9 Å². The number of carbonyl (C=O) groups is 1. The average Bonchev–Trinajstić information content (AvgIpc) is 2.37. The van der Waals surface area contributed by atoms with Gasteiger partial charge >= 0.3 is 0 Å². The Kier molecular flexibility index (Phi) is 4.27. The van der Waals surface area contributed by atoms with E-state index in [0.29, 0.717) is 22.4 Å². The second kappa shape index (κ2) is 5.93. The number of aromatic nitrogens is 1. The van der Waals surface area contributed by atoms with Crippen LogP contribution in [0.3, 0.4) is 0 Å². The lowest BCUT2D eigenvalue weighted by Gasteiger charge is -2.05. The van der Waals surface area contributed by atoms with E-state index in [1.54, 1.807) is 12.1 Å². The van der Waals surface area contributed by atoms with Crippen molar-refractivity contribution in [3.05, 3.63) is 58.1 Å². The van der Waals surface area contributed by atoms with Gasteiger partial charge in [-0.2, -0.15) is 0 Å². The summed E-state index contributed by atoms with van der Waals surface area (Å²) in [6.07, 6.45) is 2.96. The highest BCUT2D eigenvalue weighted by Gasteiger charge is 2.12. The Balaban J connectivity index is 2.35. The van der Waals surface area contributed by atoms with Crippen LogP contribution in [0.2, 0.25) is 0 Å². The van der Waals surface area contributed by atoms with E-state index in [1.165, 1.54) is 24.5 Å². The summed E-state index contributed by atoms with van der Waals surface area (Å²) in [7, 11) is 0. The molecule has 0 unspecified atom stereocenters. The molecule has 19 heavy (non-hydrogen) atoms. The molecule has 0 aliphatic carbocycles. The highest BCUT2D eigenvalue weighted by Crippen LogP contribution is 2.19. The Bertz CT molecular complexity index is 596. The molecule has 0 aliphatic rings. The molecule has 5 heteroatoms. The van der Waals surface area contributed by atoms with Crippen molar-refractivity contribution in [2.45, 2.75) is 6.92 Å². The fraction of sp³-hybridized carbons (Fsp3) is 0.143. The first-order chi connectivity index (χ1) is 9.10. The van der Waals surface area contributed by atoms with Crippen molar-refractivity contribution in [2.24, 2.45) is 0 Å². The van der Waals surface area contributed by atoms with Crippen molar-refractivity contribution in [3.8, 4) is 5.75 Å². The van der Waals surface area contributed by atoms with Crippen LogP contribution in [0.1, 0.15) is 22.8 Å². The van der Waals surface area contributed by atoms with Gasteiger partial charge in [0.15, 0.2) is 5.78 Å². The summed E-state index contributed by atoms with van der Waals surface area (Å²) in [5, 5.41) is 0. The maximum Gasteiger partial charge on any atom is 0.194 e. The van der Waals surface area contributed by atoms with Crippen molar-refractivity contribution in [1.29, 1.82) is 0 Å². The van der Waals surface area contributed by atoms with Gasteiger partial charge in [-0.3, -0.25) is 9.78 Å². The van der Waals surface area contributed by atoms with Crippen LogP contribution in [0.15, 0.2) is 41.1 Å². The number of rotatable bonds is 4. The molecule has 1 heterocycles. The number of ether oxygens (including phenoxy) is 1. The summed E-state index contributed by atoms with van der Waals surface area (Å²) < 4.78 is 19.1. The lowest BCUT2D eigenvalue weighted by atomic mass is 10.1. The number of benzene rings is 1. The molecule has 0 radical (unpaired) electrons. The van der Waals surface area contributed by atoms with Crippen LogP contribution >= 0.6 is 15.9 Å². The Labute approximate surface area is 118 Å². The second-order valence-corrected chi connectivity index (χ2v) is 4.75. The van der Waals surface area contributed by atoms with Gasteiger partial charge in [0.25, 0.3) is 0 Å². The van der Waals surface area contributed by atoms with Gasteiger partial charge < -0.3 is 4.74 Å². The molecule has 2 rings (SSSR count). The minimum Gasteiger partial charge on any atom is -0.492 e. The molecule has 98 valence electrons. The van der Waals surface area contributed by atoms with Gasteiger partial charge in [0.05, 0.1) is 12.8 Å². The fourth-order valence-corrected chi connectivity index (χ4v) is 2.11. The molecule has 0 saturated carbocycles. The molecule has 1 aromatic heterocycles. The van der Waals surface area contributed by atoms with E-state index in [9.17, 15) is 9.18 Å². The maximum absolute atomic E-state index is 13.3. The third kappa shape index (κ3) is 3.38. The zero-order valence-corrected chi connectivity index (χ0v) is 11.8. The van der Waals surface area contributed by atoms with Crippen molar-refractivity contribution in [3.63, 3.8) is 0 Å². The number of nitrogens with zero attached hydrogens (tertiary/aromatic N) is 1. The standard InChI is InChI=1S/C14H11BrFNO2/c1-2-19-13-5-10(7-17-8-13)14(18)9-3-11(15)6-12(16)4-9/h3-8H,2H2,1H3. The number of ketones is 1. The predicted molar refractivity (Wildman–Crippen MR) is 72.9 cm³/mol. The van der Waals surface area contributed by atoms with E-state index < -0.39 is 5.82 Å². The summed E-state index contributed by atoms with van der Waals surface area (Å²) in [6, 6.07) is 5.66. The van der Waals surface area contributed by atoms with Crippen LogP contribution in [0.5, 0.6) is 5.75 Å². The lowest BCUT2D eigenvalue weighted by Crippen LogP contribution is -2.03. The zero-order valence-electron chi connectivity index (χ0n) is 10.2. The summed E-state index contributed by atoms with van der Waals surface area (Å²) in [6.45, 7) is 2.34. The van der Waals surface area contributed by atoms with Gasteiger partial charge in [-0.25, -0.2) is 4.39 Å². The average molecular weight is 324 g/mol. The number of pyridine rings is 1. The third-order valence-electron chi connectivity index (χ3n) is 2.41. The predicted octanol–water partition coefficient (Wildman–Crippen LogP) is 3.61. The van der Waals surface area contributed by atoms with Crippen LogP contribution in [-0.4, -0.2) is 17.4 Å². The monoisotopic (exact) mass is 323 g/mol. The molecular formula is C14H11BrFNO2. The first kappa shape index (κ1) is 13.7. The van der Waals surface area contributed by atoms with E-state index in [1.807, 2.05) is 6.92 Å². The van der Waals surface area contributed by atoms with Gasteiger partial charge in [-0.05, 0) is 31.2 Å². The van der Waals surface area contributed by atoms with Gasteiger partial charge in [-0.1, -0.05) is 15.9 Å². The first-order valence-corrected chi connectivity index (χ1v) is 6.48. The molecule has 1 aromatic carbocycles. The van der Waals surface area contributed by atoms with Gasteiger partial charge in [0.1, 0.15) is 11.6 Å². The molecule has 0 aliphatic heterocycles. The third-order valence-corrected chi connectivity index (χ3v) is 2.87. The van der Waals surface area contributed by atoms with Gasteiger partial charge in [0, 0.05) is 21.8 Å². The second-order valence-electron chi connectivity index (χ2n) is 3.83. The number of halogens is 2. The zero-order chi connectivity index (χ0) is 13.8. The Hall–Kier alpha value is -1.75. The number of hydrogen-bond donors (Lipinski definition) is 0. The number of hydrogen-bond acceptors (Lipinski definition) is 3. The smallest absolute Gasteiger partial charge is 0.194 e. The molecular weight excluding hydrogens is 313 g/mol. The van der Waals surface area contributed by atoms with Crippen LogP contribution in [0, 0.1) is 5.82 Å². The Morgan fingerprint density at radius 1 is 1.26 bits per heavy atom. The minimum absolute atomic E-state index is 0.266. The largest absolute Gasteiger partial charge is 0.492 e. The normalized spacial score (nSPS) is 10.3. The van der Waals surface area contributed by atoms with E-state index in [4.69, 9.17) is 4.74 Å². The van der Waals surface area contributed by atoms with Gasteiger partial charge in [-0.15, -0.1) is 0 Å². The van der Waals surface area contributed by atoms with E-state index in [0.717, 1.165) is 0 Å². The summed E-state index contributed by atoms with van der Waals surface area (Å²) in [5.74, 6) is -0.246. The van der Waals surface area contributed by atoms with E-state index >= 15 is 0 Å². The summed E-state index contributed by atoms with van der Waals surface area (Å²) >= 11 is 3.16. The first-order valence-electron chi connectivity index (χ1n) is 5.69. The molecule has 0 atom stereocenters. The molecule has 0 saturated heterocycles. The molecule has 0 N–H and O–H groups in total. The highest BCUT2D eigenvalue weighted by molar-refractivity contribution is 9.10. The van der Waals surface area contributed by atoms with E-state index in [-0.39, 0.29) is 11.3 Å². The topological polar surface area (TPSA) is 39.2 Å². The fourth-order valence-electron chi connectivity index (χ4n) is 1.64. The van der Waals surface area contributed by atoms with E-state index in [2.05, 4.69) is 20.9 Å². The number of carbonyl (C=O) groups excluding carboxylic acids is 1. The van der Waals surface area contributed by atoms with Crippen LogP contribution < -0.4 is 4.74 Å². The molecule has 3 nitrogen and oxygen atoms in total. The SMILES string of the molecule is CCOc1cncc(C(=O)c2cc(F)cc(Br)c2)c1. The van der Waals surface area contributed by atoms with Crippen molar-refractivity contribution >= 4 is 21.7 Å². The van der Waals surface area contributed by atoms with Crippen molar-refractivity contribution in [1.82, 2.24) is 4.98 Å². The highest BCUT2D eigenvalue weighted by atomic mass is 79.9. The quantitative estimate of drug-likeness (QED) is 0.807. The van der Waals surface area contributed by atoms with Crippen LogP contribution in [-0.2, 0) is 0 Å². The van der Waals surface area contributed by atoms with Crippen molar-refractivity contribution in [2.75, 3.05) is 6.61 Å². The van der Waals surface area contributed by atoms with Crippen LogP contribution in [0.4, 0.5) is 4.39 Å². The Morgan fingerprint density at radius 2 is 2.05 bits per heavy atom. The summed E-state index contributed by atoms with van der Waals surface area (Å²) in [4.78, 5) is 16.2. The lowest BCUT2D eigenvalue weighted by molar-refractivity contribution is 0.103.